The number of anilines is 1. The lowest BCUT2D eigenvalue weighted by Gasteiger charge is -2.27. The highest BCUT2D eigenvalue weighted by Crippen LogP contribution is 2.21. The van der Waals surface area contributed by atoms with Crippen LogP contribution in [-0.4, -0.2) is 49.2 Å². The van der Waals surface area contributed by atoms with Crippen LogP contribution in [0.3, 0.4) is 0 Å². The van der Waals surface area contributed by atoms with Crippen LogP contribution in [0.5, 0.6) is 0 Å². The Kier molecular flexibility index (Phi) is 6.22. The van der Waals surface area contributed by atoms with Crippen molar-refractivity contribution in [2.45, 2.75) is 31.6 Å². The second kappa shape index (κ2) is 8.65. The average molecular weight is 416 g/mol. The molecule has 0 saturated carbocycles. The Bertz CT molecular complexity index is 997. The van der Waals surface area contributed by atoms with Gasteiger partial charge in [0.15, 0.2) is 0 Å². The Morgan fingerprint density at radius 1 is 1.00 bits per heavy atom. The van der Waals surface area contributed by atoms with Crippen LogP contribution in [0.2, 0.25) is 0 Å². The number of hydrogen-bond donors (Lipinski definition) is 1. The first-order chi connectivity index (χ1) is 13.8. The van der Waals surface area contributed by atoms with E-state index in [2.05, 4.69) is 5.32 Å². The summed E-state index contributed by atoms with van der Waals surface area (Å²) in [4.78, 5) is 27.1. The van der Waals surface area contributed by atoms with Crippen LogP contribution in [0.15, 0.2) is 53.4 Å². The molecule has 1 N–H and O–H groups in total. The van der Waals surface area contributed by atoms with Gasteiger partial charge in [0.2, 0.25) is 5.91 Å². The number of nitrogens with zero attached hydrogens (tertiary/aromatic N) is 2. The number of rotatable bonds is 5. The van der Waals surface area contributed by atoms with Gasteiger partial charge in [-0.15, -0.1) is 0 Å². The molecule has 2 aromatic carbocycles. The summed E-state index contributed by atoms with van der Waals surface area (Å²) in [5.74, 6) is -0.567. The van der Waals surface area contributed by atoms with Crippen molar-refractivity contribution in [2.75, 3.05) is 25.0 Å². The fourth-order valence-corrected chi connectivity index (χ4v) is 4.54. The highest BCUT2D eigenvalue weighted by atomic mass is 32.2. The molecule has 1 fully saturated rings. The molecule has 7 nitrogen and oxygen atoms in total. The zero-order valence-corrected chi connectivity index (χ0v) is 17.4. The quantitative estimate of drug-likeness (QED) is 0.813. The first kappa shape index (κ1) is 20.9. The molecule has 0 aliphatic carbocycles. The van der Waals surface area contributed by atoms with Crippen molar-refractivity contribution in [3.8, 4) is 0 Å². The third kappa shape index (κ3) is 4.76. The number of sulfonamides is 1. The predicted octanol–water partition coefficient (Wildman–Crippen LogP) is 3.15. The zero-order valence-electron chi connectivity index (χ0n) is 16.6. The van der Waals surface area contributed by atoms with E-state index >= 15 is 0 Å². The molecule has 1 aliphatic rings. The van der Waals surface area contributed by atoms with E-state index in [1.165, 1.54) is 17.0 Å². The molecule has 8 heteroatoms. The van der Waals surface area contributed by atoms with Crippen molar-refractivity contribution in [1.29, 1.82) is 0 Å². The minimum Gasteiger partial charge on any atom is -0.324 e. The Labute approximate surface area is 171 Å². The van der Waals surface area contributed by atoms with Crippen molar-refractivity contribution in [3.63, 3.8) is 0 Å². The number of likely N-dealkylation sites (tertiary alicyclic amines) is 1. The van der Waals surface area contributed by atoms with E-state index < -0.39 is 28.5 Å². The molecule has 0 spiro atoms. The van der Waals surface area contributed by atoms with Crippen molar-refractivity contribution < 1.29 is 18.0 Å². The summed E-state index contributed by atoms with van der Waals surface area (Å²) in [6.07, 6.45) is 1.64. The summed E-state index contributed by atoms with van der Waals surface area (Å²) in [6.45, 7) is 4.07. The van der Waals surface area contributed by atoms with E-state index in [0.29, 0.717) is 23.1 Å². The molecule has 0 bridgehead atoms. The largest absolute Gasteiger partial charge is 0.334 e. The Hall–Kier alpha value is -2.87. The van der Waals surface area contributed by atoms with Crippen molar-refractivity contribution in [1.82, 2.24) is 9.21 Å². The number of para-hydroxylation sites is 1. The Balaban J connectivity index is 1.88. The normalized spacial score (nSPS) is 13.9. The molecular formula is C21H25N3O4S. The summed E-state index contributed by atoms with van der Waals surface area (Å²) in [7, 11) is -4.17. The Morgan fingerprint density at radius 2 is 1.62 bits per heavy atom. The number of amides is 3. The van der Waals surface area contributed by atoms with Crippen LogP contribution >= 0.6 is 0 Å². The van der Waals surface area contributed by atoms with Crippen LogP contribution in [-0.2, 0) is 14.8 Å². The van der Waals surface area contributed by atoms with Crippen LogP contribution in [0, 0.1) is 13.8 Å². The molecule has 1 aliphatic heterocycles. The molecule has 0 aromatic heterocycles. The molecule has 3 amide bonds. The molecule has 29 heavy (non-hydrogen) atoms. The smallest absolute Gasteiger partial charge is 0.324 e. The first-order valence-corrected chi connectivity index (χ1v) is 11.0. The standard InChI is InChI=1S/C21H25N3O4S/c1-16-9-11-18(12-10-16)29(27,28)24(21(26)23-13-5-6-14-23)15-20(25)22-19-8-4-3-7-17(19)2/h3-4,7-12H,5-6,13-15H2,1-2H3,(H,22,25). The molecule has 2 aromatic rings. The Morgan fingerprint density at radius 3 is 2.24 bits per heavy atom. The van der Waals surface area contributed by atoms with Gasteiger partial charge in [-0.05, 0) is 50.5 Å². The maximum atomic E-state index is 13.2. The minimum atomic E-state index is -4.17. The highest BCUT2D eigenvalue weighted by Gasteiger charge is 2.35. The molecule has 154 valence electrons. The molecule has 0 radical (unpaired) electrons. The molecule has 0 atom stereocenters. The van der Waals surface area contributed by atoms with Gasteiger partial charge >= 0.3 is 6.03 Å². The van der Waals surface area contributed by atoms with Gasteiger partial charge in [0.05, 0.1) is 4.90 Å². The molecule has 0 unspecified atom stereocenters. The van der Waals surface area contributed by atoms with Gasteiger partial charge in [-0.1, -0.05) is 35.9 Å². The zero-order chi connectivity index (χ0) is 21.0. The number of hydrogen-bond acceptors (Lipinski definition) is 4. The van der Waals surface area contributed by atoms with E-state index in [-0.39, 0.29) is 4.90 Å². The maximum absolute atomic E-state index is 13.2. The van der Waals surface area contributed by atoms with E-state index in [4.69, 9.17) is 0 Å². The van der Waals surface area contributed by atoms with Crippen molar-refractivity contribution >= 4 is 27.6 Å². The molecule has 1 heterocycles. The number of urea groups is 1. The molecule has 1 saturated heterocycles. The summed E-state index contributed by atoms with van der Waals surface area (Å²) >= 11 is 0. The number of aryl methyl sites for hydroxylation is 2. The van der Waals surface area contributed by atoms with Crippen molar-refractivity contribution in [2.24, 2.45) is 0 Å². The van der Waals surface area contributed by atoms with Crippen LogP contribution in [0.1, 0.15) is 24.0 Å². The van der Waals surface area contributed by atoms with Crippen LogP contribution < -0.4 is 5.32 Å². The first-order valence-electron chi connectivity index (χ1n) is 9.53. The summed E-state index contributed by atoms with van der Waals surface area (Å²) in [5, 5.41) is 2.70. The van der Waals surface area contributed by atoms with E-state index in [1.807, 2.05) is 26.0 Å². The fraction of sp³-hybridized carbons (Fsp3) is 0.333. The summed E-state index contributed by atoms with van der Waals surface area (Å²) < 4.78 is 27.1. The van der Waals surface area contributed by atoms with Crippen LogP contribution in [0.4, 0.5) is 10.5 Å². The number of benzene rings is 2. The van der Waals surface area contributed by atoms with Crippen LogP contribution in [0.25, 0.3) is 0 Å². The van der Waals surface area contributed by atoms with E-state index in [1.54, 1.807) is 24.3 Å². The third-order valence-corrected chi connectivity index (χ3v) is 6.64. The summed E-state index contributed by atoms with van der Waals surface area (Å²) in [6, 6.07) is 12.8. The van der Waals surface area contributed by atoms with Gasteiger partial charge in [-0.2, -0.15) is 0 Å². The monoisotopic (exact) mass is 415 g/mol. The number of carbonyl (C=O) groups excluding carboxylic acids is 2. The minimum absolute atomic E-state index is 0.0145. The molecular weight excluding hydrogens is 390 g/mol. The lowest BCUT2D eigenvalue weighted by molar-refractivity contribution is -0.116. The predicted molar refractivity (Wildman–Crippen MR) is 111 cm³/mol. The van der Waals surface area contributed by atoms with E-state index in [0.717, 1.165) is 24.0 Å². The lowest BCUT2D eigenvalue weighted by Crippen LogP contribution is -2.48. The lowest BCUT2D eigenvalue weighted by atomic mass is 10.2. The van der Waals surface area contributed by atoms with Gasteiger partial charge in [-0.25, -0.2) is 17.5 Å². The summed E-state index contributed by atoms with van der Waals surface area (Å²) in [5.41, 5.74) is 2.33. The van der Waals surface area contributed by atoms with Gasteiger partial charge in [0.1, 0.15) is 6.54 Å². The fourth-order valence-electron chi connectivity index (χ4n) is 3.19. The molecule has 3 rings (SSSR count). The van der Waals surface area contributed by atoms with Gasteiger partial charge in [0, 0.05) is 18.8 Å². The number of nitrogens with one attached hydrogen (secondary N) is 1. The van der Waals surface area contributed by atoms with Gasteiger partial charge < -0.3 is 10.2 Å². The maximum Gasteiger partial charge on any atom is 0.334 e. The topological polar surface area (TPSA) is 86.8 Å². The van der Waals surface area contributed by atoms with E-state index in [9.17, 15) is 18.0 Å². The second-order valence-corrected chi connectivity index (χ2v) is 9.03. The van der Waals surface area contributed by atoms with Crippen molar-refractivity contribution in [3.05, 3.63) is 59.7 Å². The third-order valence-electron chi connectivity index (χ3n) is 4.91. The highest BCUT2D eigenvalue weighted by molar-refractivity contribution is 7.89. The SMILES string of the molecule is Cc1ccc(S(=O)(=O)N(CC(=O)Nc2ccccc2C)C(=O)N2CCCC2)cc1. The average Bonchev–Trinajstić information content (AvgIpc) is 3.22. The second-order valence-electron chi connectivity index (χ2n) is 7.16. The van der Waals surface area contributed by atoms with Gasteiger partial charge in [0.25, 0.3) is 10.0 Å². The van der Waals surface area contributed by atoms with Gasteiger partial charge in [-0.3, -0.25) is 4.79 Å². The number of carbonyl (C=O) groups is 2.